The molecule has 1 atom stereocenters. The fourth-order valence-electron chi connectivity index (χ4n) is 2.79. The maximum Gasteiger partial charge on any atom is 0.134 e. The topological polar surface area (TPSA) is 54.6 Å². The van der Waals surface area contributed by atoms with Crippen LogP contribution in [0.1, 0.15) is 29.9 Å². The molecule has 0 fully saturated rings. The lowest BCUT2D eigenvalue weighted by Crippen LogP contribution is -2.16. The summed E-state index contributed by atoms with van der Waals surface area (Å²) in [6.45, 7) is 3.34. The van der Waals surface area contributed by atoms with E-state index in [-0.39, 0.29) is 12.4 Å². The van der Waals surface area contributed by atoms with E-state index in [0.717, 1.165) is 41.4 Å². The fraction of sp³-hybridized carbons (Fsp3) is 0.273. The van der Waals surface area contributed by atoms with Gasteiger partial charge >= 0.3 is 0 Å². The summed E-state index contributed by atoms with van der Waals surface area (Å²) >= 11 is 0. The van der Waals surface area contributed by atoms with Gasteiger partial charge in [0.2, 0.25) is 0 Å². The smallest absolute Gasteiger partial charge is 0.134 e. The van der Waals surface area contributed by atoms with E-state index < -0.39 is 6.10 Å². The van der Waals surface area contributed by atoms with E-state index in [2.05, 4.69) is 17.4 Å². The summed E-state index contributed by atoms with van der Waals surface area (Å²) in [5, 5.41) is 13.0. The number of aliphatic hydroxyl groups excluding tert-OH is 1. The van der Waals surface area contributed by atoms with E-state index in [4.69, 9.17) is 9.15 Å². The van der Waals surface area contributed by atoms with E-state index >= 15 is 0 Å². The maximum atomic E-state index is 9.58. The molecule has 1 unspecified atom stereocenters. The van der Waals surface area contributed by atoms with E-state index in [0.29, 0.717) is 6.54 Å². The minimum atomic E-state index is -0.453. The Bertz CT molecular complexity index is 810. The molecule has 2 aromatic carbocycles. The number of rotatable bonds is 8. The van der Waals surface area contributed by atoms with Crippen molar-refractivity contribution in [3.05, 3.63) is 77.6 Å². The van der Waals surface area contributed by atoms with E-state index in [1.165, 1.54) is 5.56 Å². The fourth-order valence-corrected chi connectivity index (χ4v) is 2.79. The zero-order chi connectivity index (χ0) is 18.4. The quantitative estimate of drug-likeness (QED) is 0.547. The molecule has 0 saturated carbocycles. The van der Waals surface area contributed by atoms with Crippen LogP contribution < -0.4 is 10.1 Å². The second-order valence-electron chi connectivity index (χ2n) is 6.34. The number of furan rings is 1. The lowest BCUT2D eigenvalue weighted by Gasteiger charge is -2.05. The van der Waals surface area contributed by atoms with Gasteiger partial charge in [0.05, 0.1) is 19.8 Å². The molecule has 0 aliphatic rings. The summed E-state index contributed by atoms with van der Waals surface area (Å²) < 4.78 is 11.1. The first-order valence-corrected chi connectivity index (χ1v) is 8.86. The second kappa shape index (κ2) is 10.2. The summed E-state index contributed by atoms with van der Waals surface area (Å²) in [6.07, 6.45) is 0.504. The van der Waals surface area contributed by atoms with Crippen molar-refractivity contribution in [2.75, 3.05) is 13.7 Å². The van der Waals surface area contributed by atoms with Gasteiger partial charge in [-0.3, -0.25) is 0 Å². The van der Waals surface area contributed by atoms with Crippen LogP contribution in [-0.2, 0) is 13.0 Å². The zero-order valence-electron chi connectivity index (χ0n) is 15.6. The van der Waals surface area contributed by atoms with Crippen molar-refractivity contribution >= 4 is 12.4 Å². The Labute approximate surface area is 166 Å². The lowest BCUT2D eigenvalue weighted by molar-refractivity contribution is 0.199. The standard InChI is InChI=1S/C22H25NO3.ClH/c1-16(24)18-5-7-19(8-6-18)22-12-11-21(26-22)15-23-14-13-17-3-9-20(25-2)10-4-17;/h3-12,16,23-24H,13-15H2,1-2H3;1H. The summed E-state index contributed by atoms with van der Waals surface area (Å²) in [5.74, 6) is 2.63. The molecule has 1 heterocycles. The van der Waals surface area contributed by atoms with Crippen LogP contribution in [-0.4, -0.2) is 18.8 Å². The highest BCUT2D eigenvalue weighted by Crippen LogP contribution is 2.24. The molecular weight excluding hydrogens is 362 g/mol. The molecule has 3 aromatic rings. The lowest BCUT2D eigenvalue weighted by atomic mass is 10.1. The molecule has 0 aliphatic heterocycles. The highest BCUT2D eigenvalue weighted by atomic mass is 35.5. The number of halogens is 1. The molecule has 27 heavy (non-hydrogen) atoms. The van der Waals surface area contributed by atoms with Crippen molar-refractivity contribution in [3.8, 4) is 17.1 Å². The average Bonchev–Trinajstić information content (AvgIpc) is 3.15. The molecule has 0 amide bonds. The molecule has 0 spiro atoms. The summed E-state index contributed by atoms with van der Waals surface area (Å²) in [4.78, 5) is 0. The van der Waals surface area contributed by atoms with Crippen LogP contribution in [0.3, 0.4) is 0 Å². The van der Waals surface area contributed by atoms with Crippen LogP contribution in [0.15, 0.2) is 65.1 Å². The molecule has 144 valence electrons. The Kier molecular flexibility index (Phi) is 7.92. The molecular formula is C22H26ClNO3. The molecule has 4 nitrogen and oxygen atoms in total. The van der Waals surface area contributed by atoms with Gasteiger partial charge in [-0.1, -0.05) is 36.4 Å². The minimum Gasteiger partial charge on any atom is -0.497 e. The molecule has 0 aliphatic carbocycles. The third-order valence-corrected chi connectivity index (χ3v) is 4.39. The van der Waals surface area contributed by atoms with Gasteiger partial charge in [-0.2, -0.15) is 0 Å². The number of nitrogens with one attached hydrogen (secondary N) is 1. The van der Waals surface area contributed by atoms with Crippen LogP contribution in [0.25, 0.3) is 11.3 Å². The van der Waals surface area contributed by atoms with Crippen LogP contribution in [0.5, 0.6) is 5.75 Å². The Morgan fingerprint density at radius 1 is 1.00 bits per heavy atom. The Morgan fingerprint density at radius 2 is 1.70 bits per heavy atom. The van der Waals surface area contributed by atoms with Crippen molar-refractivity contribution in [1.82, 2.24) is 5.32 Å². The van der Waals surface area contributed by atoms with Gasteiger partial charge < -0.3 is 19.6 Å². The number of methoxy groups -OCH3 is 1. The van der Waals surface area contributed by atoms with E-state index in [1.807, 2.05) is 48.5 Å². The summed E-state index contributed by atoms with van der Waals surface area (Å²) in [7, 11) is 1.68. The number of hydrogen-bond donors (Lipinski definition) is 2. The van der Waals surface area contributed by atoms with Crippen molar-refractivity contribution in [1.29, 1.82) is 0 Å². The molecule has 3 rings (SSSR count). The Morgan fingerprint density at radius 3 is 2.33 bits per heavy atom. The maximum absolute atomic E-state index is 9.58. The van der Waals surface area contributed by atoms with Crippen molar-refractivity contribution in [2.24, 2.45) is 0 Å². The normalized spacial score (nSPS) is 11.7. The first-order valence-electron chi connectivity index (χ1n) is 8.86. The number of ether oxygens (including phenoxy) is 1. The van der Waals surface area contributed by atoms with Crippen LogP contribution in [0.2, 0.25) is 0 Å². The monoisotopic (exact) mass is 387 g/mol. The van der Waals surface area contributed by atoms with Gasteiger partial charge in [0, 0.05) is 5.56 Å². The highest BCUT2D eigenvalue weighted by molar-refractivity contribution is 5.85. The van der Waals surface area contributed by atoms with Gasteiger partial charge in [0.1, 0.15) is 17.3 Å². The van der Waals surface area contributed by atoms with Crippen LogP contribution in [0, 0.1) is 0 Å². The molecule has 5 heteroatoms. The predicted octanol–water partition coefficient (Wildman–Crippen LogP) is 4.76. The van der Waals surface area contributed by atoms with Gasteiger partial charge in [0.25, 0.3) is 0 Å². The third-order valence-electron chi connectivity index (χ3n) is 4.39. The van der Waals surface area contributed by atoms with E-state index in [9.17, 15) is 5.11 Å². The molecule has 1 aromatic heterocycles. The zero-order valence-corrected chi connectivity index (χ0v) is 16.5. The first-order chi connectivity index (χ1) is 12.7. The Hall–Kier alpha value is -2.27. The first kappa shape index (κ1) is 21.0. The largest absolute Gasteiger partial charge is 0.497 e. The Balaban J connectivity index is 0.00000261. The van der Waals surface area contributed by atoms with Crippen LogP contribution in [0.4, 0.5) is 0 Å². The minimum absolute atomic E-state index is 0. The number of aliphatic hydroxyl groups is 1. The van der Waals surface area contributed by atoms with Gasteiger partial charge in [-0.25, -0.2) is 0 Å². The highest BCUT2D eigenvalue weighted by Gasteiger charge is 2.06. The molecule has 0 radical (unpaired) electrons. The SMILES string of the molecule is COc1ccc(CCNCc2ccc(-c3ccc(C(C)O)cc3)o2)cc1.Cl. The summed E-state index contributed by atoms with van der Waals surface area (Å²) in [5.41, 5.74) is 3.19. The number of hydrogen-bond acceptors (Lipinski definition) is 4. The number of benzene rings is 2. The van der Waals surface area contributed by atoms with Gasteiger partial charge in [-0.05, 0) is 55.3 Å². The van der Waals surface area contributed by atoms with Gasteiger partial charge in [0.15, 0.2) is 0 Å². The predicted molar refractivity (Wildman–Crippen MR) is 110 cm³/mol. The molecule has 0 bridgehead atoms. The van der Waals surface area contributed by atoms with Crippen molar-refractivity contribution in [2.45, 2.75) is 26.0 Å². The summed E-state index contributed by atoms with van der Waals surface area (Å²) in [6, 6.07) is 19.9. The third kappa shape index (κ3) is 5.86. The van der Waals surface area contributed by atoms with Crippen molar-refractivity contribution in [3.63, 3.8) is 0 Å². The molecule has 2 N–H and O–H groups in total. The average molecular weight is 388 g/mol. The van der Waals surface area contributed by atoms with Crippen LogP contribution >= 0.6 is 12.4 Å². The van der Waals surface area contributed by atoms with Crippen molar-refractivity contribution < 1.29 is 14.3 Å². The van der Waals surface area contributed by atoms with E-state index in [1.54, 1.807) is 14.0 Å². The molecule has 0 saturated heterocycles. The van der Waals surface area contributed by atoms with Gasteiger partial charge in [-0.15, -0.1) is 12.4 Å². The second-order valence-corrected chi connectivity index (χ2v) is 6.34.